The largest absolute Gasteiger partial charge is 0.464 e. The molecule has 0 unspecified atom stereocenters. The maximum absolute atomic E-state index is 12.9. The predicted octanol–water partition coefficient (Wildman–Crippen LogP) is 4.04. The van der Waals surface area contributed by atoms with Crippen LogP contribution in [0.2, 0.25) is 0 Å². The number of aromatic nitrogens is 1. The Balaban J connectivity index is 2.00. The number of carbonyl (C=O) groups excluding carboxylic acids is 1. The second kappa shape index (κ2) is 7.99. The first kappa shape index (κ1) is 18.6. The maximum atomic E-state index is 12.9. The zero-order chi connectivity index (χ0) is 19.4. The van der Waals surface area contributed by atoms with Gasteiger partial charge < -0.3 is 13.7 Å². The monoisotopic (exact) mass is 373 g/mol. The molecule has 0 saturated carbocycles. The highest BCUT2D eigenvalue weighted by Gasteiger charge is 2.23. The van der Waals surface area contributed by atoms with Crippen molar-refractivity contribution in [3.05, 3.63) is 82.0 Å². The van der Waals surface area contributed by atoms with E-state index in [9.17, 15) is 18.4 Å². The van der Waals surface area contributed by atoms with E-state index >= 15 is 0 Å². The summed E-state index contributed by atoms with van der Waals surface area (Å²) in [5.74, 6) is -0.669. The third kappa shape index (κ3) is 4.13. The Morgan fingerprint density at radius 3 is 2.56 bits per heavy atom. The summed E-state index contributed by atoms with van der Waals surface area (Å²) < 4.78 is 37.5. The molecule has 0 bridgehead atoms. The van der Waals surface area contributed by atoms with Crippen LogP contribution in [-0.2, 0) is 17.9 Å². The van der Waals surface area contributed by atoms with E-state index in [1.54, 1.807) is 30.3 Å². The summed E-state index contributed by atoms with van der Waals surface area (Å²) in [6.45, 7) is 0.756. The number of alkyl halides is 2. The van der Waals surface area contributed by atoms with Gasteiger partial charge in [-0.25, -0.2) is 13.6 Å². The number of furan rings is 1. The summed E-state index contributed by atoms with van der Waals surface area (Å²) in [4.78, 5) is 25.4. The number of halogens is 2. The Labute approximate surface area is 153 Å². The summed E-state index contributed by atoms with van der Waals surface area (Å²) >= 11 is 0. The van der Waals surface area contributed by atoms with E-state index in [0.717, 1.165) is 5.56 Å². The van der Waals surface area contributed by atoms with Crippen molar-refractivity contribution in [3.8, 4) is 11.3 Å². The maximum Gasteiger partial charge on any atom is 0.344 e. The molecule has 0 N–H and O–H groups in total. The number of rotatable bonds is 6. The summed E-state index contributed by atoms with van der Waals surface area (Å²) in [5.41, 5.74) is -0.00307. The summed E-state index contributed by atoms with van der Waals surface area (Å²) in [7, 11) is 0. The fourth-order valence-electron chi connectivity index (χ4n) is 2.74. The standard InChI is InChI=1S/C20H17F2NO4/c1-13-18(20(25)27-12-14-6-3-2-4-7-14)19(24)15(16-8-5-9-26-16)10-23(13)11-17(21)22/h2-10,17H,11-12H2,1H3. The fraction of sp³-hybridized carbons (Fsp3) is 0.200. The first-order valence-electron chi connectivity index (χ1n) is 8.24. The lowest BCUT2D eigenvalue weighted by molar-refractivity contribution is 0.0467. The Morgan fingerprint density at radius 1 is 1.19 bits per heavy atom. The lowest BCUT2D eigenvalue weighted by Crippen LogP contribution is -2.26. The highest BCUT2D eigenvalue weighted by atomic mass is 19.3. The van der Waals surface area contributed by atoms with Crippen molar-refractivity contribution < 1.29 is 22.7 Å². The van der Waals surface area contributed by atoms with E-state index in [4.69, 9.17) is 9.15 Å². The lowest BCUT2D eigenvalue weighted by atomic mass is 10.1. The van der Waals surface area contributed by atoms with Gasteiger partial charge in [-0.1, -0.05) is 30.3 Å². The van der Waals surface area contributed by atoms with E-state index in [2.05, 4.69) is 0 Å². The molecule has 3 rings (SSSR count). The van der Waals surface area contributed by atoms with E-state index in [1.807, 2.05) is 6.07 Å². The molecule has 0 atom stereocenters. The van der Waals surface area contributed by atoms with Crippen molar-refractivity contribution in [1.82, 2.24) is 4.57 Å². The molecular weight excluding hydrogens is 356 g/mol. The van der Waals surface area contributed by atoms with Crippen LogP contribution < -0.4 is 5.43 Å². The smallest absolute Gasteiger partial charge is 0.344 e. The SMILES string of the molecule is Cc1c(C(=O)OCc2ccccc2)c(=O)c(-c2ccco2)cn1CC(F)F. The number of esters is 1. The predicted molar refractivity (Wildman–Crippen MR) is 94.7 cm³/mol. The molecule has 0 amide bonds. The van der Waals surface area contributed by atoms with E-state index in [-0.39, 0.29) is 29.2 Å². The highest BCUT2D eigenvalue weighted by molar-refractivity contribution is 5.91. The van der Waals surface area contributed by atoms with Crippen LogP contribution in [0.4, 0.5) is 8.78 Å². The second-order valence-electron chi connectivity index (χ2n) is 5.91. The van der Waals surface area contributed by atoms with Crippen molar-refractivity contribution in [1.29, 1.82) is 0 Å². The van der Waals surface area contributed by atoms with Gasteiger partial charge in [0.05, 0.1) is 18.4 Å². The summed E-state index contributed by atoms with van der Waals surface area (Å²) in [5, 5.41) is 0. The van der Waals surface area contributed by atoms with Gasteiger partial charge in [0.1, 0.15) is 17.9 Å². The van der Waals surface area contributed by atoms with Crippen LogP contribution >= 0.6 is 0 Å². The van der Waals surface area contributed by atoms with Gasteiger partial charge in [0.15, 0.2) is 0 Å². The molecule has 0 saturated heterocycles. The number of nitrogens with zero attached hydrogens (tertiary/aromatic N) is 1. The molecule has 0 fully saturated rings. The summed E-state index contributed by atoms with van der Waals surface area (Å²) in [6, 6.07) is 12.1. The van der Waals surface area contributed by atoms with Gasteiger partial charge in [-0.05, 0) is 24.6 Å². The molecule has 5 nitrogen and oxygen atoms in total. The normalized spacial score (nSPS) is 11.0. The number of benzene rings is 1. The average molecular weight is 373 g/mol. The van der Waals surface area contributed by atoms with Gasteiger partial charge in [-0.3, -0.25) is 4.79 Å². The molecule has 27 heavy (non-hydrogen) atoms. The first-order chi connectivity index (χ1) is 13.0. The van der Waals surface area contributed by atoms with Gasteiger partial charge in [0, 0.05) is 11.9 Å². The van der Waals surface area contributed by atoms with Crippen LogP contribution in [0.5, 0.6) is 0 Å². The van der Waals surface area contributed by atoms with Crippen LogP contribution in [0.15, 0.2) is 64.1 Å². The number of pyridine rings is 1. The molecule has 7 heteroatoms. The van der Waals surface area contributed by atoms with Crippen molar-refractivity contribution in [2.45, 2.75) is 26.5 Å². The Kier molecular flexibility index (Phi) is 5.49. The zero-order valence-corrected chi connectivity index (χ0v) is 14.5. The number of hydrogen-bond acceptors (Lipinski definition) is 4. The van der Waals surface area contributed by atoms with E-state index < -0.39 is 24.4 Å². The summed E-state index contributed by atoms with van der Waals surface area (Å²) in [6.07, 6.45) is -0.0142. The first-order valence-corrected chi connectivity index (χ1v) is 8.24. The van der Waals surface area contributed by atoms with Crippen LogP contribution in [0.1, 0.15) is 21.6 Å². The van der Waals surface area contributed by atoms with Crippen LogP contribution in [0.3, 0.4) is 0 Å². The molecule has 0 aliphatic heterocycles. The van der Waals surface area contributed by atoms with E-state index in [1.165, 1.54) is 30.0 Å². The molecule has 1 aromatic carbocycles. The molecule has 0 radical (unpaired) electrons. The van der Waals surface area contributed by atoms with Crippen LogP contribution in [-0.4, -0.2) is 17.0 Å². The number of hydrogen-bond donors (Lipinski definition) is 0. The van der Waals surface area contributed by atoms with Crippen molar-refractivity contribution in [2.75, 3.05) is 0 Å². The Bertz CT molecular complexity index is 979. The molecule has 0 spiro atoms. The molecule has 3 aromatic rings. The van der Waals surface area contributed by atoms with Gasteiger partial charge >= 0.3 is 5.97 Å². The Morgan fingerprint density at radius 2 is 1.93 bits per heavy atom. The van der Waals surface area contributed by atoms with Gasteiger partial charge in [0.2, 0.25) is 5.43 Å². The average Bonchev–Trinajstić information content (AvgIpc) is 3.17. The van der Waals surface area contributed by atoms with E-state index in [0.29, 0.717) is 0 Å². The molecule has 2 aromatic heterocycles. The van der Waals surface area contributed by atoms with Gasteiger partial charge in [0.25, 0.3) is 6.43 Å². The van der Waals surface area contributed by atoms with Crippen LogP contribution in [0, 0.1) is 6.92 Å². The third-order valence-corrected chi connectivity index (χ3v) is 4.09. The minimum atomic E-state index is -2.65. The molecule has 0 aliphatic carbocycles. The quantitative estimate of drug-likeness (QED) is 0.612. The van der Waals surface area contributed by atoms with Crippen LogP contribution in [0.25, 0.3) is 11.3 Å². The minimum Gasteiger partial charge on any atom is -0.464 e. The fourth-order valence-corrected chi connectivity index (χ4v) is 2.74. The number of ether oxygens (including phenoxy) is 1. The van der Waals surface area contributed by atoms with Gasteiger partial charge in [-0.15, -0.1) is 0 Å². The highest BCUT2D eigenvalue weighted by Crippen LogP contribution is 2.20. The molecule has 140 valence electrons. The van der Waals surface area contributed by atoms with Crippen molar-refractivity contribution in [3.63, 3.8) is 0 Å². The lowest BCUT2D eigenvalue weighted by Gasteiger charge is -2.15. The van der Waals surface area contributed by atoms with Crippen molar-refractivity contribution >= 4 is 5.97 Å². The van der Waals surface area contributed by atoms with Gasteiger partial charge in [-0.2, -0.15) is 0 Å². The van der Waals surface area contributed by atoms with Crippen molar-refractivity contribution in [2.24, 2.45) is 0 Å². The molecule has 2 heterocycles. The second-order valence-corrected chi connectivity index (χ2v) is 5.91. The molecule has 0 aliphatic rings. The molecular formula is C20H17F2NO4. The third-order valence-electron chi connectivity index (χ3n) is 4.09. The number of carbonyl (C=O) groups is 1. The minimum absolute atomic E-state index is 0.0258. The zero-order valence-electron chi connectivity index (χ0n) is 14.5. The topological polar surface area (TPSA) is 61.4 Å². The Hall–Kier alpha value is -3.22.